The summed E-state index contributed by atoms with van der Waals surface area (Å²) in [6.45, 7) is 4.49. The molecular formula is C14H17N3OS. The summed E-state index contributed by atoms with van der Waals surface area (Å²) in [5.41, 5.74) is 2.30. The number of carbonyl (C=O) groups is 1. The highest BCUT2D eigenvalue weighted by Crippen LogP contribution is 2.14. The lowest BCUT2D eigenvalue weighted by molar-refractivity contribution is 0.237. The van der Waals surface area contributed by atoms with E-state index in [1.165, 1.54) is 16.9 Å². The van der Waals surface area contributed by atoms with Crippen molar-refractivity contribution in [2.24, 2.45) is 0 Å². The number of amides is 2. The Morgan fingerprint density at radius 3 is 2.74 bits per heavy atom. The maximum absolute atomic E-state index is 11.7. The average molecular weight is 275 g/mol. The molecule has 0 aliphatic carbocycles. The molecule has 2 amide bonds. The minimum atomic E-state index is -0.178. The zero-order valence-electron chi connectivity index (χ0n) is 11.0. The third-order valence-electron chi connectivity index (χ3n) is 2.74. The number of benzene rings is 1. The van der Waals surface area contributed by atoms with Gasteiger partial charge in [0.25, 0.3) is 0 Å². The number of nitrogens with one attached hydrogen (secondary N) is 2. The Morgan fingerprint density at radius 2 is 2.11 bits per heavy atom. The Bertz CT molecular complexity index is 522. The van der Waals surface area contributed by atoms with Crippen LogP contribution in [0.4, 0.5) is 4.79 Å². The minimum absolute atomic E-state index is 0.0713. The van der Waals surface area contributed by atoms with E-state index in [-0.39, 0.29) is 12.1 Å². The molecule has 1 aromatic heterocycles. The number of nitrogens with zero attached hydrogens (tertiary/aromatic N) is 1. The molecule has 1 unspecified atom stereocenters. The van der Waals surface area contributed by atoms with E-state index in [9.17, 15) is 4.79 Å². The second-order valence-electron chi connectivity index (χ2n) is 4.40. The molecule has 0 saturated carbocycles. The Hall–Kier alpha value is -1.88. The maximum atomic E-state index is 11.7. The molecule has 1 aromatic carbocycles. The van der Waals surface area contributed by atoms with Crippen LogP contribution in [-0.2, 0) is 6.54 Å². The molecule has 0 bridgehead atoms. The van der Waals surface area contributed by atoms with Crippen LogP contribution in [0.15, 0.2) is 35.8 Å². The van der Waals surface area contributed by atoms with E-state index in [1.54, 1.807) is 6.20 Å². The van der Waals surface area contributed by atoms with Gasteiger partial charge in [0.1, 0.15) is 5.01 Å². The van der Waals surface area contributed by atoms with Crippen molar-refractivity contribution in [1.29, 1.82) is 0 Å². The second-order valence-corrected chi connectivity index (χ2v) is 5.33. The van der Waals surface area contributed by atoms with Crippen molar-refractivity contribution in [2.45, 2.75) is 26.4 Å². The molecular weight excluding hydrogens is 258 g/mol. The van der Waals surface area contributed by atoms with E-state index in [4.69, 9.17) is 0 Å². The Kier molecular flexibility index (Phi) is 4.52. The van der Waals surface area contributed by atoms with Crippen LogP contribution in [0.1, 0.15) is 29.1 Å². The van der Waals surface area contributed by atoms with Gasteiger partial charge in [-0.05, 0) is 19.4 Å². The quantitative estimate of drug-likeness (QED) is 0.901. The van der Waals surface area contributed by atoms with E-state index in [0.29, 0.717) is 6.54 Å². The molecule has 1 heterocycles. The van der Waals surface area contributed by atoms with Crippen molar-refractivity contribution < 1.29 is 4.79 Å². The number of aromatic nitrogens is 1. The number of carbonyl (C=O) groups excluding carboxylic acids is 1. The van der Waals surface area contributed by atoms with Crippen molar-refractivity contribution in [3.05, 3.63) is 52.0 Å². The Labute approximate surface area is 116 Å². The third-order valence-corrected chi connectivity index (χ3v) is 3.70. The van der Waals surface area contributed by atoms with Gasteiger partial charge in [-0.2, -0.15) is 0 Å². The highest BCUT2D eigenvalue weighted by molar-refractivity contribution is 7.09. The highest BCUT2D eigenvalue weighted by Gasteiger charge is 2.10. The van der Waals surface area contributed by atoms with E-state index in [2.05, 4.69) is 15.6 Å². The van der Waals surface area contributed by atoms with Crippen LogP contribution in [0.3, 0.4) is 0 Å². The lowest BCUT2D eigenvalue weighted by Crippen LogP contribution is -2.36. The second kappa shape index (κ2) is 6.33. The molecule has 0 radical (unpaired) electrons. The zero-order chi connectivity index (χ0) is 13.7. The predicted octanol–water partition coefficient (Wildman–Crippen LogP) is 3.01. The smallest absolute Gasteiger partial charge is 0.315 e. The van der Waals surface area contributed by atoms with Gasteiger partial charge in [0.15, 0.2) is 0 Å². The molecule has 4 nitrogen and oxygen atoms in total. The molecule has 0 fully saturated rings. The summed E-state index contributed by atoms with van der Waals surface area (Å²) in [7, 11) is 0. The van der Waals surface area contributed by atoms with Crippen molar-refractivity contribution in [3.63, 3.8) is 0 Å². The third kappa shape index (κ3) is 4.06. The van der Waals surface area contributed by atoms with Crippen LogP contribution in [0, 0.1) is 6.92 Å². The number of urea groups is 1. The van der Waals surface area contributed by atoms with Gasteiger partial charge >= 0.3 is 6.03 Å². The van der Waals surface area contributed by atoms with E-state index < -0.39 is 0 Å². The number of hydrogen-bond acceptors (Lipinski definition) is 3. The maximum Gasteiger partial charge on any atom is 0.315 e. The molecule has 0 aliphatic rings. The first-order chi connectivity index (χ1) is 9.15. The van der Waals surface area contributed by atoms with Gasteiger partial charge in [-0.3, -0.25) is 0 Å². The summed E-state index contributed by atoms with van der Waals surface area (Å²) in [6.07, 6.45) is 1.74. The molecule has 0 saturated heterocycles. The topological polar surface area (TPSA) is 54.0 Å². The first-order valence-electron chi connectivity index (χ1n) is 6.14. The van der Waals surface area contributed by atoms with Gasteiger partial charge in [0.05, 0.1) is 6.04 Å². The van der Waals surface area contributed by atoms with Gasteiger partial charge in [0.2, 0.25) is 0 Å². The van der Waals surface area contributed by atoms with Crippen LogP contribution in [0.25, 0.3) is 0 Å². The summed E-state index contributed by atoms with van der Waals surface area (Å²) in [5, 5.41) is 8.51. The average Bonchev–Trinajstić information content (AvgIpc) is 2.92. The highest BCUT2D eigenvalue weighted by atomic mass is 32.1. The van der Waals surface area contributed by atoms with Crippen molar-refractivity contribution in [1.82, 2.24) is 15.6 Å². The van der Waals surface area contributed by atoms with Crippen LogP contribution in [-0.4, -0.2) is 11.0 Å². The molecule has 2 N–H and O–H groups in total. The number of hydrogen-bond donors (Lipinski definition) is 2. The summed E-state index contributed by atoms with van der Waals surface area (Å²) in [5.74, 6) is 0. The molecule has 0 aliphatic heterocycles. The fraction of sp³-hybridized carbons (Fsp3) is 0.286. The SMILES string of the molecule is Cc1ccc(CNC(=O)NC(C)c2nccs2)cc1. The first kappa shape index (κ1) is 13.5. The number of aryl methyl sites for hydroxylation is 1. The van der Waals surface area contributed by atoms with Crippen LogP contribution >= 0.6 is 11.3 Å². The van der Waals surface area contributed by atoms with Gasteiger partial charge < -0.3 is 10.6 Å². The Balaban J connectivity index is 1.80. The predicted molar refractivity (Wildman–Crippen MR) is 77.1 cm³/mol. The van der Waals surface area contributed by atoms with Crippen LogP contribution in [0.2, 0.25) is 0 Å². The van der Waals surface area contributed by atoms with Crippen molar-refractivity contribution in [2.75, 3.05) is 0 Å². The molecule has 1 atom stereocenters. The van der Waals surface area contributed by atoms with Gasteiger partial charge in [-0.25, -0.2) is 9.78 Å². The summed E-state index contributed by atoms with van der Waals surface area (Å²) in [4.78, 5) is 15.9. The zero-order valence-corrected chi connectivity index (χ0v) is 11.8. The fourth-order valence-electron chi connectivity index (χ4n) is 1.65. The molecule has 100 valence electrons. The van der Waals surface area contributed by atoms with E-state index >= 15 is 0 Å². The summed E-state index contributed by atoms with van der Waals surface area (Å²) < 4.78 is 0. The van der Waals surface area contributed by atoms with Crippen LogP contribution in [0.5, 0.6) is 0 Å². The number of thiazole rings is 1. The van der Waals surface area contributed by atoms with Crippen molar-refractivity contribution in [3.8, 4) is 0 Å². The van der Waals surface area contributed by atoms with Gasteiger partial charge in [-0.1, -0.05) is 29.8 Å². The largest absolute Gasteiger partial charge is 0.334 e. The molecule has 19 heavy (non-hydrogen) atoms. The van der Waals surface area contributed by atoms with Gasteiger partial charge in [-0.15, -0.1) is 11.3 Å². The van der Waals surface area contributed by atoms with E-state index in [1.807, 2.05) is 43.5 Å². The van der Waals surface area contributed by atoms with Crippen molar-refractivity contribution >= 4 is 17.4 Å². The summed E-state index contributed by atoms with van der Waals surface area (Å²) in [6, 6.07) is 7.85. The minimum Gasteiger partial charge on any atom is -0.334 e. The van der Waals surface area contributed by atoms with Crippen LogP contribution < -0.4 is 10.6 Å². The molecule has 2 rings (SSSR count). The standard InChI is InChI=1S/C14H17N3OS/c1-10-3-5-12(6-4-10)9-16-14(18)17-11(2)13-15-7-8-19-13/h3-8,11H,9H2,1-2H3,(H2,16,17,18). The molecule has 5 heteroatoms. The number of rotatable bonds is 4. The normalized spacial score (nSPS) is 11.9. The molecule has 2 aromatic rings. The fourth-order valence-corrected chi connectivity index (χ4v) is 2.29. The molecule has 0 spiro atoms. The monoisotopic (exact) mass is 275 g/mol. The lowest BCUT2D eigenvalue weighted by Gasteiger charge is -2.12. The van der Waals surface area contributed by atoms with Gasteiger partial charge in [0, 0.05) is 18.1 Å². The Morgan fingerprint density at radius 1 is 1.37 bits per heavy atom. The summed E-state index contributed by atoms with van der Waals surface area (Å²) >= 11 is 1.54. The van der Waals surface area contributed by atoms with E-state index in [0.717, 1.165) is 10.6 Å². The first-order valence-corrected chi connectivity index (χ1v) is 7.02. The lowest BCUT2D eigenvalue weighted by atomic mass is 10.1.